The van der Waals surface area contributed by atoms with Crippen molar-refractivity contribution < 1.29 is 52.2 Å². The number of hydrogen-bond donors (Lipinski definition) is 1. The molecule has 1 heterocycles. The number of aliphatic hydroxyl groups excluding tert-OH is 1. The van der Waals surface area contributed by atoms with Crippen molar-refractivity contribution in [2.45, 2.75) is 123 Å². The van der Waals surface area contributed by atoms with E-state index < -0.39 is 77.6 Å². The highest BCUT2D eigenvalue weighted by Crippen LogP contribution is 2.60. The summed E-state index contributed by atoms with van der Waals surface area (Å²) in [4.78, 5) is 62.9. The lowest BCUT2D eigenvalue weighted by Crippen LogP contribution is -2.68. The Kier molecular flexibility index (Phi) is 12.3. The molecule has 1 fully saturated rings. The molecule has 1 amide bonds. The lowest BCUT2D eigenvalue weighted by atomic mass is 9.57. The molecule has 348 valence electrons. The molecule has 0 spiro atoms. The molecule has 3 aliphatic carbocycles. The minimum Gasteiger partial charge on any atom is -0.507 e. The van der Waals surface area contributed by atoms with E-state index in [1.807, 2.05) is 83.2 Å². The van der Waals surface area contributed by atoms with Crippen LogP contribution in [0.2, 0.25) is 18.1 Å². The van der Waals surface area contributed by atoms with Crippen molar-refractivity contribution >= 4 is 70.3 Å². The highest BCUT2D eigenvalue weighted by molar-refractivity contribution is 9.10. The summed E-state index contributed by atoms with van der Waals surface area (Å²) in [6.45, 7) is 20.5. The van der Waals surface area contributed by atoms with Crippen molar-refractivity contribution in [3.63, 3.8) is 0 Å². The van der Waals surface area contributed by atoms with Crippen LogP contribution in [0, 0.1) is 11.8 Å². The Morgan fingerprint density at radius 3 is 2.15 bits per heavy atom. The standard InChI is InChI=1S/C49H60BrN3O11Si/c1-46(2,3)61-44(57)53(12)36-29-21-20-28(50)24-30(29)39(60-45(58)62-47(4,5)6)34-31(36)22-27-23-32-37(52(10)11)40-35(43(51-63-40)59-25-26-18-16-15-17-19-26)42(56)49(32,41(55)33(27)38(34)54)64-65(13,14)48(7,8)9/h15-21,24,27,32,37,54H,22-23,25H2,1-14H3/t27-,32-,37-,49-/m0/s1. The largest absolute Gasteiger partial charge is 0.514 e. The topological polar surface area (TPSA) is 167 Å². The number of ether oxygens (including phenoxy) is 4. The third-order valence-electron chi connectivity index (χ3n) is 12.8. The van der Waals surface area contributed by atoms with Crippen LogP contribution in [0.25, 0.3) is 16.5 Å². The second-order valence-corrected chi connectivity index (χ2v) is 26.6. The van der Waals surface area contributed by atoms with Gasteiger partial charge in [0.25, 0.3) is 5.88 Å². The molecule has 4 aromatic rings. The predicted molar refractivity (Wildman–Crippen MR) is 252 cm³/mol. The van der Waals surface area contributed by atoms with Crippen LogP contribution < -0.4 is 14.4 Å². The number of halogens is 1. The molecule has 14 nitrogen and oxygen atoms in total. The zero-order valence-corrected chi connectivity index (χ0v) is 42.3. The van der Waals surface area contributed by atoms with Gasteiger partial charge in [0.1, 0.15) is 29.1 Å². The summed E-state index contributed by atoms with van der Waals surface area (Å²) in [7, 11) is 2.20. The number of fused-ring (bicyclic) bond motifs is 5. The molecular formula is C49H60BrN3O11Si. The van der Waals surface area contributed by atoms with Gasteiger partial charge in [0.15, 0.2) is 25.4 Å². The molecular weight excluding hydrogens is 915 g/mol. The second-order valence-electron chi connectivity index (χ2n) is 21.0. The number of Topliss-reactive ketones (excluding diaryl/α,β-unsaturated/α-hetero) is 2. The lowest BCUT2D eigenvalue weighted by molar-refractivity contribution is -0.140. The monoisotopic (exact) mass is 973 g/mol. The number of carbonyl (C=O) groups excluding carboxylic acids is 4. The molecule has 0 saturated heterocycles. The Bertz CT molecular complexity index is 2620. The number of anilines is 1. The SMILES string of the molecule is CN(C(=O)OC(C)(C)C)c1c2c(c(OC(=O)OC(C)(C)C)c3cc(Br)ccc13)C(O)=C1C(=O)[C@]3(O[Si](C)(C)C(C)(C)C)C(=O)c4c(OCc5ccccc5)noc4[C@@H](N(C)C)[C@@H]3C[C@@H]1C2. The molecule has 3 aromatic carbocycles. The number of benzene rings is 3. The van der Waals surface area contributed by atoms with Gasteiger partial charge >= 0.3 is 12.2 Å². The number of ketones is 2. The van der Waals surface area contributed by atoms with E-state index in [9.17, 15) is 14.7 Å². The van der Waals surface area contributed by atoms with E-state index in [-0.39, 0.29) is 53.5 Å². The van der Waals surface area contributed by atoms with Crippen molar-refractivity contribution in [1.82, 2.24) is 10.1 Å². The Balaban J connectivity index is 1.52. The number of rotatable bonds is 8. The molecule has 0 unspecified atom stereocenters. The van der Waals surface area contributed by atoms with Crippen molar-refractivity contribution in [2.24, 2.45) is 11.8 Å². The van der Waals surface area contributed by atoms with Crippen LogP contribution in [-0.4, -0.2) is 85.2 Å². The minimum absolute atomic E-state index is 0.00244. The first-order chi connectivity index (χ1) is 30.1. The first-order valence-corrected chi connectivity index (χ1v) is 25.5. The molecule has 65 heavy (non-hydrogen) atoms. The van der Waals surface area contributed by atoms with Gasteiger partial charge in [-0.2, -0.15) is 0 Å². The number of nitrogens with zero attached hydrogens (tertiary/aromatic N) is 3. The Hall–Kier alpha value is -5.03. The summed E-state index contributed by atoms with van der Waals surface area (Å²) in [6.07, 6.45) is -1.49. The summed E-state index contributed by atoms with van der Waals surface area (Å²) < 4.78 is 37.8. The lowest BCUT2D eigenvalue weighted by Gasteiger charge is -2.55. The Morgan fingerprint density at radius 1 is 0.908 bits per heavy atom. The molecule has 0 radical (unpaired) electrons. The van der Waals surface area contributed by atoms with Gasteiger partial charge in [-0.25, -0.2) is 9.59 Å². The number of hydrogen-bond acceptors (Lipinski definition) is 13. The number of aliphatic hydroxyl groups is 1. The van der Waals surface area contributed by atoms with Gasteiger partial charge in [-0.1, -0.05) is 73.1 Å². The van der Waals surface area contributed by atoms with Crippen LogP contribution in [0.4, 0.5) is 15.3 Å². The van der Waals surface area contributed by atoms with Gasteiger partial charge in [0.2, 0.25) is 11.6 Å². The average Bonchev–Trinajstić information content (AvgIpc) is 3.59. The fourth-order valence-corrected chi connectivity index (χ4v) is 10.8. The van der Waals surface area contributed by atoms with Gasteiger partial charge in [-0.05, 0) is 121 Å². The summed E-state index contributed by atoms with van der Waals surface area (Å²) in [5.41, 5.74) is -2.42. The second kappa shape index (κ2) is 16.7. The highest BCUT2D eigenvalue weighted by atomic mass is 79.9. The van der Waals surface area contributed by atoms with Gasteiger partial charge < -0.3 is 33.0 Å². The van der Waals surface area contributed by atoms with E-state index in [1.54, 1.807) is 66.8 Å². The van der Waals surface area contributed by atoms with Gasteiger partial charge in [0, 0.05) is 33.8 Å². The van der Waals surface area contributed by atoms with Crippen LogP contribution >= 0.6 is 15.9 Å². The first-order valence-electron chi connectivity index (χ1n) is 21.8. The third kappa shape index (κ3) is 8.62. The summed E-state index contributed by atoms with van der Waals surface area (Å²) in [5, 5.41) is 17.7. The molecule has 0 bridgehead atoms. The molecule has 1 saturated carbocycles. The van der Waals surface area contributed by atoms with E-state index >= 15 is 9.59 Å². The van der Waals surface area contributed by atoms with Gasteiger partial charge in [0.05, 0.1) is 17.3 Å². The minimum atomic E-state index is -3.06. The predicted octanol–water partition coefficient (Wildman–Crippen LogP) is 11.1. The van der Waals surface area contributed by atoms with Crippen molar-refractivity contribution in [3.8, 4) is 11.6 Å². The van der Waals surface area contributed by atoms with E-state index in [0.29, 0.717) is 26.5 Å². The maximum Gasteiger partial charge on any atom is 0.514 e. The molecule has 1 aromatic heterocycles. The molecule has 16 heteroatoms. The average molecular weight is 975 g/mol. The smallest absolute Gasteiger partial charge is 0.507 e. The van der Waals surface area contributed by atoms with E-state index in [0.717, 1.165) is 5.56 Å². The maximum absolute atomic E-state index is 16.2. The van der Waals surface area contributed by atoms with Crippen LogP contribution in [0.3, 0.4) is 0 Å². The third-order valence-corrected chi connectivity index (χ3v) is 17.7. The van der Waals surface area contributed by atoms with Gasteiger partial charge in [-0.15, -0.1) is 0 Å². The van der Waals surface area contributed by atoms with Crippen molar-refractivity contribution in [1.29, 1.82) is 0 Å². The zero-order chi connectivity index (χ0) is 47.9. The number of carbonyl (C=O) groups is 4. The Morgan fingerprint density at radius 2 is 1.55 bits per heavy atom. The summed E-state index contributed by atoms with van der Waals surface area (Å²) in [5.74, 6) is -3.39. The molecule has 4 atom stereocenters. The van der Waals surface area contributed by atoms with Crippen LogP contribution in [0.15, 0.2) is 63.1 Å². The van der Waals surface area contributed by atoms with Gasteiger partial charge in [-0.3, -0.25) is 19.4 Å². The molecule has 1 N–H and O–H groups in total. The fraction of sp³-hybridized carbons (Fsp3) is 0.490. The number of amides is 1. The number of aromatic nitrogens is 1. The molecule has 7 rings (SSSR count). The van der Waals surface area contributed by atoms with E-state index in [1.165, 1.54) is 4.90 Å². The van der Waals surface area contributed by atoms with Crippen LogP contribution in [0.5, 0.6) is 11.6 Å². The van der Waals surface area contributed by atoms with Crippen molar-refractivity contribution in [2.75, 3.05) is 26.0 Å². The van der Waals surface area contributed by atoms with Crippen LogP contribution in [0.1, 0.15) is 108 Å². The van der Waals surface area contributed by atoms with E-state index in [4.69, 9.17) is 27.9 Å². The zero-order valence-electron chi connectivity index (χ0n) is 39.7. The first kappa shape index (κ1) is 47.9. The summed E-state index contributed by atoms with van der Waals surface area (Å²) >= 11 is 3.56. The summed E-state index contributed by atoms with van der Waals surface area (Å²) in [6, 6.07) is 14.0. The normalized spacial score (nSPS) is 21.1. The van der Waals surface area contributed by atoms with E-state index in [2.05, 4.69) is 21.1 Å². The maximum atomic E-state index is 16.2. The molecule has 0 aliphatic heterocycles. The fourth-order valence-electron chi connectivity index (χ4n) is 9.02. The quantitative estimate of drug-likeness (QED) is 0.0767. The van der Waals surface area contributed by atoms with Crippen LogP contribution in [-0.2, 0) is 31.7 Å². The highest BCUT2D eigenvalue weighted by Gasteiger charge is 2.69. The Labute approximate surface area is 389 Å². The molecule has 3 aliphatic rings. The van der Waals surface area contributed by atoms with Crippen molar-refractivity contribution in [3.05, 3.63) is 86.6 Å².